The van der Waals surface area contributed by atoms with Crippen LogP contribution in [0, 0.1) is 0 Å². The van der Waals surface area contributed by atoms with Crippen molar-refractivity contribution >= 4 is 27.3 Å². The van der Waals surface area contributed by atoms with Gasteiger partial charge in [-0.15, -0.1) is 11.3 Å². The van der Waals surface area contributed by atoms with Gasteiger partial charge in [0, 0.05) is 17.5 Å². The van der Waals surface area contributed by atoms with Crippen LogP contribution in [0.3, 0.4) is 0 Å². The van der Waals surface area contributed by atoms with E-state index in [9.17, 15) is 13.2 Å². The van der Waals surface area contributed by atoms with E-state index < -0.39 is 16.0 Å². The lowest BCUT2D eigenvalue weighted by Gasteiger charge is -2.23. The monoisotopic (exact) mass is 365 g/mol. The predicted molar refractivity (Wildman–Crippen MR) is 92.7 cm³/mol. The molecule has 5 nitrogen and oxygen atoms in total. The SMILES string of the molecule is O=C(O)Cc1ccc(S(=O)(=O)N2CCCC2Cc2ccccc2)s1. The van der Waals surface area contributed by atoms with E-state index >= 15 is 0 Å². The van der Waals surface area contributed by atoms with Gasteiger partial charge < -0.3 is 5.11 Å². The molecule has 3 rings (SSSR count). The third kappa shape index (κ3) is 3.68. The van der Waals surface area contributed by atoms with Crippen LogP contribution < -0.4 is 0 Å². The van der Waals surface area contributed by atoms with Crippen molar-refractivity contribution < 1.29 is 18.3 Å². The van der Waals surface area contributed by atoms with E-state index in [0.717, 1.165) is 29.7 Å². The van der Waals surface area contributed by atoms with Crippen molar-refractivity contribution in [1.82, 2.24) is 4.31 Å². The quantitative estimate of drug-likeness (QED) is 0.854. The van der Waals surface area contributed by atoms with Crippen LogP contribution in [0.5, 0.6) is 0 Å². The van der Waals surface area contributed by atoms with Crippen molar-refractivity contribution in [2.45, 2.75) is 35.9 Å². The molecular formula is C17H19NO4S2. The number of nitrogens with zero attached hydrogens (tertiary/aromatic N) is 1. The molecule has 1 atom stereocenters. The lowest BCUT2D eigenvalue weighted by molar-refractivity contribution is -0.136. The van der Waals surface area contributed by atoms with Gasteiger partial charge >= 0.3 is 5.97 Å². The molecule has 0 radical (unpaired) electrons. The maximum absolute atomic E-state index is 12.9. The van der Waals surface area contributed by atoms with Gasteiger partial charge in [0.2, 0.25) is 0 Å². The minimum Gasteiger partial charge on any atom is -0.481 e. The second-order valence-corrected chi connectivity index (χ2v) is 9.18. The fraction of sp³-hybridized carbons (Fsp3) is 0.353. The molecule has 1 aromatic carbocycles. The topological polar surface area (TPSA) is 74.7 Å². The molecule has 0 amide bonds. The Morgan fingerprint density at radius 1 is 1.21 bits per heavy atom. The van der Waals surface area contributed by atoms with Crippen LogP contribution >= 0.6 is 11.3 Å². The van der Waals surface area contributed by atoms with E-state index in [-0.39, 0.29) is 16.7 Å². The van der Waals surface area contributed by atoms with Crippen molar-refractivity contribution in [3.63, 3.8) is 0 Å². The van der Waals surface area contributed by atoms with Crippen LogP contribution in [0.2, 0.25) is 0 Å². The molecule has 1 fully saturated rings. The fourth-order valence-corrected chi connectivity index (χ4v) is 6.24. The minimum absolute atomic E-state index is 0.0394. The van der Waals surface area contributed by atoms with Crippen molar-refractivity contribution in [3.8, 4) is 0 Å². The van der Waals surface area contributed by atoms with Crippen LogP contribution in [-0.4, -0.2) is 36.4 Å². The molecule has 24 heavy (non-hydrogen) atoms. The average molecular weight is 365 g/mol. The number of thiophene rings is 1. The normalized spacial score (nSPS) is 18.8. The molecule has 1 aromatic heterocycles. The van der Waals surface area contributed by atoms with Crippen LogP contribution in [0.25, 0.3) is 0 Å². The Morgan fingerprint density at radius 2 is 1.96 bits per heavy atom. The smallest absolute Gasteiger partial charge is 0.308 e. The number of carbonyl (C=O) groups is 1. The van der Waals surface area contributed by atoms with Gasteiger partial charge in [0.15, 0.2) is 0 Å². The molecule has 0 aliphatic carbocycles. The summed E-state index contributed by atoms with van der Waals surface area (Å²) in [5.74, 6) is -0.955. The summed E-state index contributed by atoms with van der Waals surface area (Å²) in [6.45, 7) is 0.520. The van der Waals surface area contributed by atoms with Gasteiger partial charge in [0.05, 0.1) is 6.42 Å². The van der Waals surface area contributed by atoms with Crippen LogP contribution in [0.4, 0.5) is 0 Å². The molecule has 2 heterocycles. The molecule has 1 saturated heterocycles. The second-order valence-electron chi connectivity index (χ2n) is 5.89. The van der Waals surface area contributed by atoms with Crippen LogP contribution in [0.15, 0.2) is 46.7 Å². The minimum atomic E-state index is -3.56. The summed E-state index contributed by atoms with van der Waals surface area (Å²) in [4.78, 5) is 11.3. The lowest BCUT2D eigenvalue weighted by atomic mass is 10.1. The zero-order valence-corrected chi connectivity index (χ0v) is 14.7. The van der Waals surface area contributed by atoms with Crippen LogP contribution in [0.1, 0.15) is 23.3 Å². The van der Waals surface area contributed by atoms with Crippen molar-refractivity contribution in [3.05, 3.63) is 52.9 Å². The number of benzene rings is 1. The molecule has 128 valence electrons. The number of rotatable bonds is 6. The molecule has 1 aliphatic rings. The Morgan fingerprint density at radius 3 is 2.67 bits per heavy atom. The van der Waals surface area contributed by atoms with Gasteiger partial charge in [0.1, 0.15) is 4.21 Å². The van der Waals surface area contributed by atoms with Gasteiger partial charge in [-0.05, 0) is 37.0 Å². The Hall–Kier alpha value is -1.70. The highest BCUT2D eigenvalue weighted by Crippen LogP contribution is 2.31. The summed E-state index contributed by atoms with van der Waals surface area (Å²) in [5, 5.41) is 8.84. The highest BCUT2D eigenvalue weighted by Gasteiger charge is 2.36. The first kappa shape index (κ1) is 17.1. The largest absolute Gasteiger partial charge is 0.481 e. The van der Waals surface area contributed by atoms with Crippen molar-refractivity contribution in [1.29, 1.82) is 0 Å². The molecule has 0 spiro atoms. The summed E-state index contributed by atoms with van der Waals surface area (Å²) in [5.41, 5.74) is 1.13. The molecule has 1 N–H and O–H groups in total. The second kappa shape index (κ2) is 7.04. The zero-order valence-electron chi connectivity index (χ0n) is 13.1. The maximum Gasteiger partial charge on any atom is 0.308 e. The Balaban J connectivity index is 1.80. The summed E-state index contributed by atoms with van der Waals surface area (Å²) in [6.07, 6.45) is 2.26. The van der Waals surface area contributed by atoms with Crippen molar-refractivity contribution in [2.75, 3.05) is 6.54 Å². The van der Waals surface area contributed by atoms with Crippen molar-refractivity contribution in [2.24, 2.45) is 0 Å². The number of carboxylic acid groups (broad SMARTS) is 1. The van der Waals surface area contributed by atoms with E-state index in [1.807, 2.05) is 30.3 Å². The lowest BCUT2D eigenvalue weighted by Crippen LogP contribution is -2.36. The Kier molecular flexibility index (Phi) is 5.03. The Bertz CT molecular complexity index is 814. The summed E-state index contributed by atoms with van der Waals surface area (Å²) >= 11 is 1.05. The van der Waals surface area contributed by atoms with Gasteiger partial charge in [-0.2, -0.15) is 4.31 Å². The third-order valence-electron chi connectivity index (χ3n) is 4.16. The molecule has 0 bridgehead atoms. The van der Waals surface area contributed by atoms with E-state index in [2.05, 4.69) is 0 Å². The van der Waals surface area contributed by atoms with Crippen LogP contribution in [-0.2, 0) is 27.7 Å². The average Bonchev–Trinajstić information content (AvgIpc) is 3.17. The number of hydrogen-bond acceptors (Lipinski definition) is 4. The molecule has 1 aliphatic heterocycles. The molecule has 2 aromatic rings. The first-order valence-corrected chi connectivity index (χ1v) is 10.1. The number of hydrogen-bond donors (Lipinski definition) is 1. The van der Waals surface area contributed by atoms with Gasteiger partial charge in [-0.1, -0.05) is 30.3 Å². The van der Waals surface area contributed by atoms with E-state index in [0.29, 0.717) is 17.8 Å². The number of sulfonamides is 1. The number of aliphatic carboxylic acids is 1. The molecule has 0 saturated carbocycles. The van der Waals surface area contributed by atoms with Gasteiger partial charge in [0.25, 0.3) is 10.0 Å². The first-order chi connectivity index (χ1) is 11.5. The van der Waals surface area contributed by atoms with E-state index in [1.54, 1.807) is 10.4 Å². The molecule has 1 unspecified atom stereocenters. The standard InChI is InChI=1S/C17H19NO4S2/c19-16(20)12-15-8-9-17(23-15)24(21,22)18-10-4-7-14(18)11-13-5-2-1-3-6-13/h1-3,5-6,8-9,14H,4,7,10-12H2,(H,19,20). The Labute approximate surface area is 145 Å². The number of carboxylic acids is 1. The highest BCUT2D eigenvalue weighted by molar-refractivity contribution is 7.91. The molecular weight excluding hydrogens is 346 g/mol. The molecule has 7 heteroatoms. The summed E-state index contributed by atoms with van der Waals surface area (Å²) < 4.78 is 27.7. The third-order valence-corrected chi connectivity index (χ3v) is 7.67. The first-order valence-electron chi connectivity index (χ1n) is 7.83. The van der Waals surface area contributed by atoms with Gasteiger partial charge in [-0.3, -0.25) is 4.79 Å². The maximum atomic E-state index is 12.9. The van der Waals surface area contributed by atoms with E-state index in [4.69, 9.17) is 5.11 Å². The summed E-state index contributed by atoms with van der Waals surface area (Å²) in [6, 6.07) is 13.0. The highest BCUT2D eigenvalue weighted by atomic mass is 32.2. The fourth-order valence-electron chi connectivity index (χ4n) is 3.07. The summed E-state index contributed by atoms with van der Waals surface area (Å²) in [7, 11) is -3.56. The van der Waals surface area contributed by atoms with Gasteiger partial charge in [-0.25, -0.2) is 8.42 Å². The zero-order chi connectivity index (χ0) is 17.2. The van der Waals surface area contributed by atoms with E-state index in [1.165, 1.54) is 6.07 Å². The predicted octanol–water partition coefficient (Wildman–Crippen LogP) is 2.77.